The van der Waals surface area contributed by atoms with Crippen LogP contribution in [0.4, 0.5) is 0 Å². The second-order valence-electron chi connectivity index (χ2n) is 4.71. The quantitative estimate of drug-likeness (QED) is 0.881. The Balaban J connectivity index is 1.95. The smallest absolute Gasteiger partial charge is 0.234 e. The van der Waals surface area contributed by atoms with E-state index in [0.29, 0.717) is 11.7 Å². The molecule has 6 heteroatoms. The van der Waals surface area contributed by atoms with E-state index in [9.17, 15) is 0 Å². The third-order valence-electron chi connectivity index (χ3n) is 3.61. The Morgan fingerprint density at radius 3 is 3.12 bits per heavy atom. The minimum Gasteiger partial charge on any atom is -0.338 e. The van der Waals surface area contributed by atoms with Crippen molar-refractivity contribution in [1.29, 1.82) is 0 Å². The van der Waals surface area contributed by atoms with Crippen LogP contribution in [0.25, 0.3) is 11.5 Å². The summed E-state index contributed by atoms with van der Waals surface area (Å²) in [5, 5.41) is 5.89. The predicted octanol–water partition coefficient (Wildman–Crippen LogP) is 1.96. The van der Waals surface area contributed by atoms with Crippen LogP contribution in [0.3, 0.4) is 0 Å². The fraction of sp³-hybridized carbons (Fsp3) is 0.545. The zero-order valence-corrected chi connectivity index (χ0v) is 10.4. The number of nitrogens with zero attached hydrogens (tertiary/aromatic N) is 3. The van der Waals surface area contributed by atoms with Crippen molar-refractivity contribution in [3.8, 4) is 11.5 Å². The SMILES string of the molecule is CC1(c2nc(-c3cscn3)no2)CCCC1N. The molecule has 0 saturated heterocycles. The van der Waals surface area contributed by atoms with Gasteiger partial charge in [-0.3, -0.25) is 0 Å². The van der Waals surface area contributed by atoms with Gasteiger partial charge in [0.05, 0.1) is 10.9 Å². The Bertz CT molecular complexity index is 509. The van der Waals surface area contributed by atoms with Gasteiger partial charge in [-0.1, -0.05) is 11.6 Å². The number of rotatable bonds is 2. The zero-order chi connectivity index (χ0) is 11.9. The van der Waals surface area contributed by atoms with Crippen molar-refractivity contribution >= 4 is 11.3 Å². The largest absolute Gasteiger partial charge is 0.338 e. The first kappa shape index (κ1) is 10.9. The first-order chi connectivity index (χ1) is 8.20. The Hall–Kier alpha value is -1.27. The zero-order valence-electron chi connectivity index (χ0n) is 9.59. The summed E-state index contributed by atoms with van der Waals surface area (Å²) in [5.74, 6) is 1.20. The lowest BCUT2D eigenvalue weighted by atomic mass is 9.85. The maximum Gasteiger partial charge on any atom is 0.234 e. The second kappa shape index (κ2) is 3.89. The van der Waals surface area contributed by atoms with Gasteiger partial charge < -0.3 is 10.3 Å². The van der Waals surface area contributed by atoms with Crippen LogP contribution in [0.1, 0.15) is 32.1 Å². The minimum absolute atomic E-state index is 0.103. The fourth-order valence-corrected chi connectivity index (χ4v) is 2.87. The first-order valence-electron chi connectivity index (χ1n) is 5.68. The molecule has 3 rings (SSSR count). The molecule has 1 aliphatic rings. The summed E-state index contributed by atoms with van der Waals surface area (Å²) in [7, 11) is 0. The normalized spacial score (nSPS) is 28.7. The van der Waals surface area contributed by atoms with E-state index in [-0.39, 0.29) is 11.5 Å². The maximum atomic E-state index is 6.13. The molecule has 1 aliphatic carbocycles. The molecule has 2 aromatic rings. The molecule has 1 fully saturated rings. The van der Waals surface area contributed by atoms with Gasteiger partial charge in [-0.2, -0.15) is 4.98 Å². The van der Waals surface area contributed by atoms with Gasteiger partial charge in [0.2, 0.25) is 11.7 Å². The molecule has 1 saturated carbocycles. The Morgan fingerprint density at radius 2 is 2.47 bits per heavy atom. The highest BCUT2D eigenvalue weighted by Crippen LogP contribution is 2.39. The van der Waals surface area contributed by atoms with Crippen LogP contribution >= 0.6 is 11.3 Å². The van der Waals surface area contributed by atoms with Crippen LogP contribution in [0.15, 0.2) is 15.4 Å². The van der Waals surface area contributed by atoms with Crippen LogP contribution in [0, 0.1) is 0 Å². The van der Waals surface area contributed by atoms with E-state index < -0.39 is 0 Å². The Morgan fingerprint density at radius 1 is 1.59 bits per heavy atom. The van der Waals surface area contributed by atoms with Crippen molar-refractivity contribution in [3.05, 3.63) is 16.8 Å². The van der Waals surface area contributed by atoms with Crippen molar-refractivity contribution in [1.82, 2.24) is 15.1 Å². The highest BCUT2D eigenvalue weighted by Gasteiger charge is 2.42. The number of nitrogens with two attached hydrogens (primary N) is 1. The summed E-state index contributed by atoms with van der Waals surface area (Å²) in [5.41, 5.74) is 8.47. The average molecular weight is 250 g/mol. The predicted molar refractivity (Wildman–Crippen MR) is 64.6 cm³/mol. The lowest BCUT2D eigenvalue weighted by Gasteiger charge is -2.23. The van der Waals surface area contributed by atoms with E-state index in [4.69, 9.17) is 10.3 Å². The van der Waals surface area contributed by atoms with Gasteiger partial charge in [0.25, 0.3) is 0 Å². The van der Waals surface area contributed by atoms with Gasteiger partial charge in [-0.25, -0.2) is 4.98 Å². The Kier molecular flexibility index (Phi) is 2.48. The van der Waals surface area contributed by atoms with E-state index in [2.05, 4.69) is 22.0 Å². The monoisotopic (exact) mass is 250 g/mol. The lowest BCUT2D eigenvalue weighted by molar-refractivity contribution is 0.278. The van der Waals surface area contributed by atoms with Gasteiger partial charge in [0, 0.05) is 11.4 Å². The summed E-state index contributed by atoms with van der Waals surface area (Å²) in [4.78, 5) is 8.61. The summed E-state index contributed by atoms with van der Waals surface area (Å²) in [6.07, 6.45) is 3.14. The molecular formula is C11H14N4OS. The maximum absolute atomic E-state index is 6.13. The molecule has 2 heterocycles. The molecule has 0 spiro atoms. The molecule has 0 aliphatic heterocycles. The first-order valence-corrected chi connectivity index (χ1v) is 6.63. The van der Waals surface area contributed by atoms with E-state index >= 15 is 0 Å². The van der Waals surface area contributed by atoms with Gasteiger partial charge >= 0.3 is 0 Å². The van der Waals surface area contributed by atoms with E-state index in [1.165, 1.54) is 11.3 Å². The summed E-state index contributed by atoms with van der Waals surface area (Å²) in [6.45, 7) is 2.10. The fourth-order valence-electron chi connectivity index (χ4n) is 2.34. The highest BCUT2D eigenvalue weighted by molar-refractivity contribution is 7.07. The van der Waals surface area contributed by atoms with Crippen molar-refractivity contribution in [2.45, 2.75) is 37.6 Å². The highest BCUT2D eigenvalue weighted by atomic mass is 32.1. The molecule has 0 aromatic carbocycles. The van der Waals surface area contributed by atoms with Crippen molar-refractivity contribution < 1.29 is 4.52 Å². The molecule has 0 radical (unpaired) electrons. The van der Waals surface area contributed by atoms with Crippen molar-refractivity contribution in [2.75, 3.05) is 0 Å². The van der Waals surface area contributed by atoms with E-state index in [1.807, 2.05) is 5.38 Å². The molecular weight excluding hydrogens is 236 g/mol. The van der Waals surface area contributed by atoms with Gasteiger partial charge in [0.1, 0.15) is 5.69 Å². The second-order valence-corrected chi connectivity index (χ2v) is 5.43. The molecule has 2 N–H and O–H groups in total. The van der Waals surface area contributed by atoms with Crippen LogP contribution in [-0.4, -0.2) is 21.2 Å². The molecule has 17 heavy (non-hydrogen) atoms. The standard InChI is InChI=1S/C11H14N4OS/c1-11(4-2-3-8(11)12)10-14-9(15-16-10)7-5-17-6-13-7/h5-6,8H,2-4,12H2,1H3. The minimum atomic E-state index is -0.179. The molecule has 2 unspecified atom stereocenters. The number of hydrogen-bond acceptors (Lipinski definition) is 6. The van der Waals surface area contributed by atoms with Crippen LogP contribution in [-0.2, 0) is 5.41 Å². The molecule has 2 atom stereocenters. The van der Waals surface area contributed by atoms with Crippen molar-refractivity contribution in [2.24, 2.45) is 5.73 Å². The van der Waals surface area contributed by atoms with Gasteiger partial charge in [-0.05, 0) is 19.8 Å². The molecule has 0 amide bonds. The summed E-state index contributed by atoms with van der Waals surface area (Å²) >= 11 is 1.52. The molecule has 2 aromatic heterocycles. The molecule has 90 valence electrons. The lowest BCUT2D eigenvalue weighted by Crippen LogP contribution is -2.38. The number of aromatic nitrogens is 3. The third kappa shape index (κ3) is 1.68. The van der Waals surface area contributed by atoms with Crippen LogP contribution in [0.2, 0.25) is 0 Å². The van der Waals surface area contributed by atoms with E-state index in [1.54, 1.807) is 5.51 Å². The third-order valence-corrected chi connectivity index (χ3v) is 4.19. The van der Waals surface area contributed by atoms with Crippen LogP contribution < -0.4 is 5.73 Å². The number of thiazole rings is 1. The molecule has 0 bridgehead atoms. The average Bonchev–Trinajstić information content (AvgIpc) is 3.01. The summed E-state index contributed by atoms with van der Waals surface area (Å²) < 4.78 is 5.37. The topological polar surface area (TPSA) is 77.8 Å². The van der Waals surface area contributed by atoms with Crippen molar-refractivity contribution in [3.63, 3.8) is 0 Å². The number of hydrogen-bond donors (Lipinski definition) is 1. The van der Waals surface area contributed by atoms with Gasteiger partial charge in [-0.15, -0.1) is 11.3 Å². The van der Waals surface area contributed by atoms with Crippen LogP contribution in [0.5, 0.6) is 0 Å². The van der Waals surface area contributed by atoms with Gasteiger partial charge in [0.15, 0.2) is 0 Å². The van der Waals surface area contributed by atoms with E-state index in [0.717, 1.165) is 25.0 Å². The Labute approximate surface area is 103 Å². The molecule has 5 nitrogen and oxygen atoms in total. The summed E-state index contributed by atoms with van der Waals surface area (Å²) in [6, 6.07) is 0.103.